The Bertz CT molecular complexity index is 908. The van der Waals surface area contributed by atoms with Gasteiger partial charge in [0.25, 0.3) is 0 Å². The van der Waals surface area contributed by atoms with E-state index in [2.05, 4.69) is 5.10 Å². The summed E-state index contributed by atoms with van der Waals surface area (Å²) in [4.78, 5) is 10.8. The van der Waals surface area contributed by atoms with Crippen LogP contribution in [0.5, 0.6) is 5.75 Å². The average molecular weight is 338 g/mol. The molecule has 2 aromatic carbocycles. The van der Waals surface area contributed by atoms with Crippen LogP contribution in [0.2, 0.25) is 0 Å². The lowest BCUT2D eigenvalue weighted by atomic mass is 10.0. The van der Waals surface area contributed by atoms with Crippen molar-refractivity contribution in [2.75, 3.05) is 12.8 Å². The number of hydrogen-bond acceptors (Lipinski definition) is 4. The molecule has 0 aliphatic heterocycles. The smallest absolute Gasteiger partial charge is 0.303 e. The number of ether oxygens (including phenoxy) is 1. The number of carboxylic acid groups (broad SMARTS) is 1. The Kier molecular flexibility index (Phi) is 4.79. The summed E-state index contributed by atoms with van der Waals surface area (Å²) < 4.78 is 6.90. The van der Waals surface area contributed by atoms with Gasteiger partial charge in [-0.25, -0.2) is 0 Å². The van der Waals surface area contributed by atoms with E-state index in [1.807, 2.05) is 48.5 Å². The first-order valence-electron chi connectivity index (χ1n) is 8.04. The zero-order valence-corrected chi connectivity index (χ0v) is 14.0. The van der Waals surface area contributed by atoms with E-state index in [9.17, 15) is 4.79 Å². The van der Waals surface area contributed by atoms with E-state index in [4.69, 9.17) is 15.6 Å². The Morgan fingerprint density at radius 3 is 2.48 bits per heavy atom. The van der Waals surface area contributed by atoms with Crippen molar-refractivity contribution in [2.45, 2.75) is 19.4 Å². The number of nitrogens with two attached hydrogens (primary N) is 1. The molecule has 6 heteroatoms. The van der Waals surface area contributed by atoms with Gasteiger partial charge in [-0.15, -0.1) is 4.68 Å². The molecule has 3 N–H and O–H groups in total. The molecule has 1 aromatic heterocycles. The first-order valence-corrected chi connectivity index (χ1v) is 8.04. The molecular weight excluding hydrogens is 318 g/mol. The van der Waals surface area contributed by atoms with Crippen LogP contribution in [0.15, 0.2) is 48.5 Å². The van der Waals surface area contributed by atoms with Gasteiger partial charge in [0.15, 0.2) is 0 Å². The maximum atomic E-state index is 10.8. The second-order valence-electron chi connectivity index (χ2n) is 5.73. The topological polar surface area (TPSA) is 89.3 Å². The third-order valence-electron chi connectivity index (χ3n) is 4.08. The first-order chi connectivity index (χ1) is 12.1. The van der Waals surface area contributed by atoms with Crippen LogP contribution in [-0.2, 0) is 11.3 Å². The molecule has 0 atom stereocenters. The summed E-state index contributed by atoms with van der Waals surface area (Å²) in [6.07, 6.45) is 0.552. The molecule has 0 amide bonds. The van der Waals surface area contributed by atoms with Crippen LogP contribution in [0.1, 0.15) is 12.8 Å². The van der Waals surface area contributed by atoms with Crippen molar-refractivity contribution in [3.63, 3.8) is 0 Å². The van der Waals surface area contributed by atoms with Crippen LogP contribution < -0.4 is 15.2 Å². The van der Waals surface area contributed by atoms with Gasteiger partial charge in [0.2, 0.25) is 0 Å². The highest BCUT2D eigenvalue weighted by Gasteiger charge is 2.17. The van der Waals surface area contributed by atoms with Gasteiger partial charge in [-0.3, -0.25) is 10.5 Å². The number of benzene rings is 2. The summed E-state index contributed by atoms with van der Waals surface area (Å²) in [5.41, 5.74) is 8.02. The normalized spacial score (nSPS) is 10.8. The number of methoxy groups -OCH3 is 1. The monoisotopic (exact) mass is 338 g/mol. The third-order valence-corrected chi connectivity index (χ3v) is 4.08. The number of carboxylic acids is 1. The molecule has 0 aliphatic carbocycles. The molecule has 0 bridgehead atoms. The van der Waals surface area contributed by atoms with Gasteiger partial charge in [-0.1, -0.05) is 23.3 Å². The number of aromatic nitrogens is 2. The fraction of sp³-hybridized carbons (Fsp3) is 0.211. The Labute approximate surface area is 145 Å². The maximum absolute atomic E-state index is 10.8. The van der Waals surface area contributed by atoms with Gasteiger partial charge >= 0.3 is 11.8 Å². The number of anilines is 1. The Balaban J connectivity index is 2.09. The third kappa shape index (κ3) is 3.52. The van der Waals surface area contributed by atoms with Crippen molar-refractivity contribution in [3.8, 4) is 17.0 Å². The van der Waals surface area contributed by atoms with Crippen molar-refractivity contribution in [1.82, 2.24) is 5.10 Å². The second-order valence-corrected chi connectivity index (χ2v) is 5.73. The molecule has 0 fully saturated rings. The Morgan fingerprint density at radius 2 is 1.84 bits per heavy atom. The number of aryl methyl sites for hydroxylation is 1. The van der Waals surface area contributed by atoms with Crippen molar-refractivity contribution >= 4 is 22.6 Å². The molecule has 0 aliphatic rings. The number of nitrogen functional groups attached to an aromatic ring is 1. The molecule has 0 radical (unpaired) electrons. The minimum Gasteiger partial charge on any atom is -0.497 e. The first kappa shape index (κ1) is 16.7. The van der Waals surface area contributed by atoms with E-state index >= 15 is 0 Å². The minimum absolute atomic E-state index is 0.0822. The van der Waals surface area contributed by atoms with E-state index in [-0.39, 0.29) is 6.42 Å². The lowest BCUT2D eigenvalue weighted by molar-refractivity contribution is -0.738. The van der Waals surface area contributed by atoms with Crippen LogP contribution in [0.25, 0.3) is 22.0 Å². The van der Waals surface area contributed by atoms with Crippen LogP contribution >= 0.6 is 0 Å². The van der Waals surface area contributed by atoms with E-state index in [0.717, 1.165) is 27.8 Å². The van der Waals surface area contributed by atoms with Crippen molar-refractivity contribution in [1.29, 1.82) is 0 Å². The standard InChI is InChI=1S/C19H19N3O3/c1-25-14-10-8-13(9-11-14)18-15-5-2-3-6-16(15)19(20)22(21-18)12-4-7-17(23)24/h2-3,5-6,8-11,20H,4,7,12H2,1H3,(H,23,24)/p+1. The summed E-state index contributed by atoms with van der Waals surface area (Å²) in [7, 11) is 1.63. The van der Waals surface area contributed by atoms with Crippen LogP contribution in [0.3, 0.4) is 0 Å². The molecule has 3 aromatic rings. The lowest BCUT2D eigenvalue weighted by Crippen LogP contribution is -2.42. The molecule has 0 saturated heterocycles. The van der Waals surface area contributed by atoms with Gasteiger partial charge in [0, 0.05) is 17.4 Å². The number of carbonyl (C=O) groups is 1. The number of nitrogens with zero attached hydrogens (tertiary/aromatic N) is 2. The van der Waals surface area contributed by atoms with Gasteiger partial charge < -0.3 is 9.84 Å². The predicted octanol–water partition coefficient (Wildman–Crippen LogP) is 2.64. The van der Waals surface area contributed by atoms with E-state index in [1.165, 1.54) is 0 Å². The van der Waals surface area contributed by atoms with Crippen LogP contribution in [-0.4, -0.2) is 23.3 Å². The summed E-state index contributed by atoms with van der Waals surface area (Å²) in [5.74, 6) is 0.492. The number of hydrogen-bond donors (Lipinski definition) is 2. The highest BCUT2D eigenvalue weighted by atomic mass is 16.5. The van der Waals surface area contributed by atoms with Crippen LogP contribution in [0, 0.1) is 0 Å². The predicted molar refractivity (Wildman–Crippen MR) is 95.2 cm³/mol. The minimum atomic E-state index is -0.824. The molecule has 0 saturated carbocycles. The lowest BCUT2D eigenvalue weighted by Gasteiger charge is -2.10. The average Bonchev–Trinajstić information content (AvgIpc) is 2.63. The van der Waals surface area contributed by atoms with Crippen LogP contribution in [0.4, 0.5) is 5.82 Å². The number of rotatable bonds is 6. The molecule has 0 unspecified atom stereocenters. The SMILES string of the molecule is COc1ccc(-c2n[n+](CCCC(=O)O)c(N)c3ccccc23)cc1. The van der Waals surface area contributed by atoms with Gasteiger partial charge in [0.05, 0.1) is 12.5 Å². The van der Waals surface area contributed by atoms with Gasteiger partial charge in [-0.05, 0) is 36.8 Å². The highest BCUT2D eigenvalue weighted by molar-refractivity contribution is 5.98. The van der Waals surface area contributed by atoms with Gasteiger partial charge in [-0.2, -0.15) is 0 Å². The van der Waals surface area contributed by atoms with Crippen molar-refractivity contribution in [3.05, 3.63) is 48.5 Å². The van der Waals surface area contributed by atoms with Gasteiger partial charge in [0.1, 0.15) is 18.0 Å². The molecule has 6 nitrogen and oxygen atoms in total. The van der Waals surface area contributed by atoms with E-state index < -0.39 is 5.97 Å². The van der Waals surface area contributed by atoms with Crippen molar-refractivity contribution < 1.29 is 19.3 Å². The Hall–Kier alpha value is -3.15. The molecule has 1 heterocycles. The maximum Gasteiger partial charge on any atom is 0.303 e. The molecule has 25 heavy (non-hydrogen) atoms. The van der Waals surface area contributed by atoms with E-state index in [1.54, 1.807) is 11.8 Å². The Morgan fingerprint density at radius 1 is 1.16 bits per heavy atom. The largest absolute Gasteiger partial charge is 0.497 e. The number of aliphatic carboxylic acids is 1. The fourth-order valence-electron chi connectivity index (χ4n) is 2.79. The zero-order chi connectivity index (χ0) is 17.8. The molecular formula is C19H20N3O3+. The summed E-state index contributed by atoms with van der Waals surface area (Å²) in [5, 5.41) is 15.4. The molecule has 0 spiro atoms. The number of fused-ring (bicyclic) bond motifs is 1. The van der Waals surface area contributed by atoms with E-state index in [0.29, 0.717) is 18.8 Å². The quantitative estimate of drug-likeness (QED) is 0.675. The highest BCUT2D eigenvalue weighted by Crippen LogP contribution is 2.29. The van der Waals surface area contributed by atoms with Crippen molar-refractivity contribution in [2.24, 2.45) is 0 Å². The summed E-state index contributed by atoms with van der Waals surface area (Å²) in [6.45, 7) is 0.451. The summed E-state index contributed by atoms with van der Waals surface area (Å²) >= 11 is 0. The zero-order valence-electron chi connectivity index (χ0n) is 14.0. The molecule has 3 rings (SSSR count). The fourth-order valence-corrected chi connectivity index (χ4v) is 2.79. The second kappa shape index (κ2) is 7.17. The molecule has 128 valence electrons. The summed E-state index contributed by atoms with van der Waals surface area (Å²) in [6, 6.07) is 15.5.